The van der Waals surface area contributed by atoms with Gasteiger partial charge in [0.05, 0.1) is 11.4 Å². The van der Waals surface area contributed by atoms with Crippen molar-refractivity contribution in [3.05, 3.63) is 96.4 Å². The second-order valence-electron chi connectivity index (χ2n) is 6.75. The van der Waals surface area contributed by atoms with Gasteiger partial charge in [0.15, 0.2) is 22.3 Å². The molecule has 5 aromatic rings. The normalized spacial score (nSPS) is 13.1. The lowest BCUT2D eigenvalue weighted by molar-refractivity contribution is 0.859. The number of hydrogen-bond donors (Lipinski definition) is 0. The molecule has 0 spiro atoms. The minimum absolute atomic E-state index is 0.786. The van der Waals surface area contributed by atoms with Crippen LogP contribution in [0.4, 0.5) is 11.4 Å². The molecule has 0 atom stereocenters. The zero-order chi connectivity index (χ0) is 19.1. The van der Waals surface area contributed by atoms with E-state index in [4.69, 9.17) is 9.98 Å². The molecule has 0 fully saturated rings. The molecule has 3 heterocycles. The molecule has 0 amide bonds. The van der Waals surface area contributed by atoms with Crippen molar-refractivity contribution >= 4 is 22.7 Å². The Bertz CT molecular complexity index is 1300. The molecule has 3 aromatic heterocycles. The molecule has 2 aromatic carbocycles. The summed E-state index contributed by atoms with van der Waals surface area (Å²) in [6.45, 7) is 0. The van der Waals surface area contributed by atoms with Crippen LogP contribution in [0.2, 0.25) is 0 Å². The number of aromatic nitrogens is 4. The Kier molecular flexibility index (Phi) is 3.76. The number of rotatable bonds is 2. The molecule has 0 unspecified atom stereocenters. The van der Waals surface area contributed by atoms with E-state index in [2.05, 4.69) is 17.9 Å². The van der Waals surface area contributed by atoms with Gasteiger partial charge in [0, 0.05) is 38.9 Å². The fraction of sp³-hybridized carbons (Fsp3) is 0.0909. The second-order valence-corrected chi connectivity index (χ2v) is 6.75. The molecule has 0 saturated heterocycles. The van der Waals surface area contributed by atoms with Crippen LogP contribution in [0, 0.1) is 0 Å². The molecule has 0 aliphatic carbocycles. The first-order valence-corrected chi connectivity index (χ1v) is 9.15. The van der Waals surface area contributed by atoms with Crippen LogP contribution in [0.1, 0.15) is 0 Å². The van der Waals surface area contributed by atoms with Gasteiger partial charge < -0.3 is 9.13 Å². The summed E-state index contributed by atoms with van der Waals surface area (Å²) in [7, 11) is 4.09. The quantitative estimate of drug-likeness (QED) is 0.459. The molecule has 6 heteroatoms. The summed E-state index contributed by atoms with van der Waals surface area (Å²) < 4.78 is 8.41. The number of aryl methyl sites for hydroxylation is 2. The third-order valence-electron chi connectivity index (χ3n) is 4.84. The lowest BCUT2D eigenvalue weighted by atomic mass is 10.3. The maximum Gasteiger partial charge on any atom is 0.183 e. The highest BCUT2D eigenvalue weighted by Gasteiger charge is 2.12. The molecule has 6 nitrogen and oxygen atoms in total. The average Bonchev–Trinajstić information content (AvgIpc) is 3.29. The molecule has 28 heavy (non-hydrogen) atoms. The first kappa shape index (κ1) is 16.4. The standard InChI is InChI=1S/C22H20N6/c1-25-13-15-27-19(23-17-9-5-3-6-10-17)20(24-18-11-7-4-8-12-18)28-16-14-26(2)22(28)21(25)27/h3-16H,1-2H3. The van der Waals surface area contributed by atoms with Gasteiger partial charge in [0.25, 0.3) is 0 Å². The molecule has 0 aliphatic heterocycles. The Morgan fingerprint density at radius 1 is 0.536 bits per heavy atom. The molecule has 138 valence electrons. The van der Waals surface area contributed by atoms with Gasteiger partial charge in [-0.1, -0.05) is 36.4 Å². The van der Waals surface area contributed by atoms with Crippen LogP contribution >= 0.6 is 0 Å². The SMILES string of the molecule is Cn1ccn2c(=Nc3ccccc3)c(=Nc3ccccc3)n3ccn(C)c3c12. The van der Waals surface area contributed by atoms with Crippen LogP contribution in [0.25, 0.3) is 11.3 Å². The molecule has 0 radical (unpaired) electrons. The van der Waals surface area contributed by atoms with E-state index in [0.717, 1.165) is 33.6 Å². The van der Waals surface area contributed by atoms with Crippen molar-refractivity contribution in [2.24, 2.45) is 24.1 Å². The average molecular weight is 368 g/mol. The van der Waals surface area contributed by atoms with Gasteiger partial charge in [-0.15, -0.1) is 0 Å². The van der Waals surface area contributed by atoms with E-state index in [0.29, 0.717) is 0 Å². The fourth-order valence-electron chi connectivity index (χ4n) is 3.50. The Labute approximate surface area is 161 Å². The first-order valence-electron chi connectivity index (χ1n) is 9.15. The number of hydrogen-bond acceptors (Lipinski definition) is 2. The predicted molar refractivity (Wildman–Crippen MR) is 110 cm³/mol. The monoisotopic (exact) mass is 368 g/mol. The number of fused-ring (bicyclic) bond motifs is 3. The number of benzene rings is 2. The van der Waals surface area contributed by atoms with E-state index >= 15 is 0 Å². The van der Waals surface area contributed by atoms with Crippen LogP contribution in [-0.4, -0.2) is 17.9 Å². The smallest absolute Gasteiger partial charge is 0.183 e. The van der Waals surface area contributed by atoms with Crippen LogP contribution in [-0.2, 0) is 14.1 Å². The van der Waals surface area contributed by atoms with E-state index < -0.39 is 0 Å². The molecular weight excluding hydrogens is 348 g/mol. The maximum absolute atomic E-state index is 4.96. The van der Waals surface area contributed by atoms with Gasteiger partial charge in [-0.05, 0) is 24.3 Å². The zero-order valence-electron chi connectivity index (χ0n) is 15.8. The van der Waals surface area contributed by atoms with Crippen LogP contribution in [0.3, 0.4) is 0 Å². The van der Waals surface area contributed by atoms with Crippen LogP contribution < -0.4 is 11.0 Å². The molecular formula is C22H20N6. The second kappa shape index (κ2) is 6.42. The van der Waals surface area contributed by atoms with E-state index in [1.807, 2.05) is 99.5 Å². The van der Waals surface area contributed by atoms with Crippen molar-refractivity contribution in [1.82, 2.24) is 17.9 Å². The van der Waals surface area contributed by atoms with Gasteiger partial charge in [-0.3, -0.25) is 8.80 Å². The minimum Gasteiger partial charge on any atom is -0.333 e. The van der Waals surface area contributed by atoms with Gasteiger partial charge in [-0.25, -0.2) is 9.98 Å². The summed E-state index contributed by atoms with van der Waals surface area (Å²) in [6, 6.07) is 20.0. The third kappa shape index (κ3) is 2.58. The molecule has 0 bridgehead atoms. The van der Waals surface area contributed by atoms with Crippen molar-refractivity contribution in [1.29, 1.82) is 0 Å². The largest absolute Gasteiger partial charge is 0.333 e. The van der Waals surface area contributed by atoms with Gasteiger partial charge in [0.2, 0.25) is 0 Å². The van der Waals surface area contributed by atoms with E-state index in [1.165, 1.54) is 0 Å². The third-order valence-corrected chi connectivity index (χ3v) is 4.84. The summed E-state index contributed by atoms with van der Waals surface area (Å²) in [6.07, 6.45) is 8.15. The Morgan fingerprint density at radius 2 is 0.929 bits per heavy atom. The van der Waals surface area contributed by atoms with Crippen LogP contribution in [0.15, 0.2) is 95.4 Å². The Hall–Kier alpha value is -3.80. The number of imidazole rings is 2. The van der Waals surface area contributed by atoms with E-state index in [-0.39, 0.29) is 0 Å². The topological polar surface area (TPSA) is 43.4 Å². The predicted octanol–water partition coefficient (Wildman–Crippen LogP) is 3.33. The van der Waals surface area contributed by atoms with Crippen molar-refractivity contribution in [3.63, 3.8) is 0 Å². The summed E-state index contributed by atoms with van der Waals surface area (Å²) in [5.74, 6) is 0. The van der Waals surface area contributed by atoms with Gasteiger partial charge in [-0.2, -0.15) is 0 Å². The molecule has 0 N–H and O–H groups in total. The molecule has 0 aliphatic rings. The van der Waals surface area contributed by atoms with Crippen molar-refractivity contribution in [3.8, 4) is 0 Å². The highest BCUT2D eigenvalue weighted by atomic mass is 15.2. The highest BCUT2D eigenvalue weighted by molar-refractivity contribution is 5.67. The van der Waals surface area contributed by atoms with Crippen molar-refractivity contribution < 1.29 is 0 Å². The van der Waals surface area contributed by atoms with Crippen molar-refractivity contribution in [2.75, 3.05) is 0 Å². The van der Waals surface area contributed by atoms with Crippen molar-refractivity contribution in [2.45, 2.75) is 0 Å². The number of para-hydroxylation sites is 2. The van der Waals surface area contributed by atoms with Crippen LogP contribution in [0.5, 0.6) is 0 Å². The maximum atomic E-state index is 4.96. The summed E-state index contributed by atoms with van der Waals surface area (Å²) in [4.78, 5) is 9.93. The zero-order valence-corrected chi connectivity index (χ0v) is 15.8. The van der Waals surface area contributed by atoms with Gasteiger partial charge in [0.1, 0.15) is 0 Å². The summed E-state index contributed by atoms with van der Waals surface area (Å²) >= 11 is 0. The molecule has 5 rings (SSSR count). The lowest BCUT2D eigenvalue weighted by Gasteiger charge is -2.07. The lowest BCUT2D eigenvalue weighted by Crippen LogP contribution is -2.37. The Morgan fingerprint density at radius 3 is 1.32 bits per heavy atom. The fourth-order valence-corrected chi connectivity index (χ4v) is 3.50. The highest BCUT2D eigenvalue weighted by Crippen LogP contribution is 2.13. The molecule has 0 saturated carbocycles. The number of nitrogens with zero attached hydrogens (tertiary/aromatic N) is 6. The first-order chi connectivity index (χ1) is 13.7. The summed E-state index contributed by atoms with van der Waals surface area (Å²) in [5, 5.41) is 0. The summed E-state index contributed by atoms with van der Waals surface area (Å²) in [5.41, 5.74) is 5.45. The van der Waals surface area contributed by atoms with Gasteiger partial charge >= 0.3 is 0 Å². The minimum atomic E-state index is 0.786. The van der Waals surface area contributed by atoms with E-state index in [1.54, 1.807) is 0 Å². The Balaban J connectivity index is 2.03. The van der Waals surface area contributed by atoms with E-state index in [9.17, 15) is 0 Å².